The van der Waals surface area contributed by atoms with Crippen LogP contribution in [-0.2, 0) is 4.74 Å². The number of rotatable bonds is 5. The normalized spacial score (nSPS) is 21.9. The van der Waals surface area contributed by atoms with Crippen molar-refractivity contribution in [2.45, 2.75) is 44.5 Å². The smallest absolute Gasteiger partial charge is 0.163 e. The van der Waals surface area contributed by atoms with Gasteiger partial charge in [-0.15, -0.1) is 0 Å². The number of anilines is 1. The number of Topliss-reactive ketones (excluding diaryl/α,β-unsaturated/α-hetero) is 1. The Bertz CT molecular complexity index is 1140. The van der Waals surface area contributed by atoms with Gasteiger partial charge >= 0.3 is 0 Å². The maximum absolute atomic E-state index is 14.6. The van der Waals surface area contributed by atoms with Crippen molar-refractivity contribution < 1.29 is 23.0 Å². The van der Waals surface area contributed by atoms with Gasteiger partial charge in [-0.2, -0.15) is 5.10 Å². The van der Waals surface area contributed by atoms with Crippen LogP contribution in [0.3, 0.4) is 0 Å². The average molecular weight is 441 g/mol. The van der Waals surface area contributed by atoms with Gasteiger partial charge in [-0.05, 0) is 36.8 Å². The number of carbonyl (C=O) groups excluding carboxylic acids is 1. The van der Waals surface area contributed by atoms with Crippen LogP contribution in [-0.4, -0.2) is 47.4 Å². The molecule has 168 valence electrons. The summed E-state index contributed by atoms with van der Waals surface area (Å²) in [4.78, 5) is 13.9. The van der Waals surface area contributed by atoms with E-state index in [9.17, 15) is 13.6 Å². The van der Waals surface area contributed by atoms with E-state index in [-0.39, 0.29) is 30.9 Å². The summed E-state index contributed by atoms with van der Waals surface area (Å²) < 4.78 is 42.1. The summed E-state index contributed by atoms with van der Waals surface area (Å²) in [5.74, 6) is -0.0327. The molecule has 2 saturated heterocycles. The largest absolute Gasteiger partial charge is 0.490 e. The molecule has 8 heteroatoms. The second-order valence-electron chi connectivity index (χ2n) is 8.48. The lowest BCUT2D eigenvalue weighted by Crippen LogP contribution is -2.26. The van der Waals surface area contributed by atoms with Crippen LogP contribution in [0.15, 0.2) is 42.7 Å². The zero-order valence-electron chi connectivity index (χ0n) is 17.8. The molecule has 2 aliphatic heterocycles. The summed E-state index contributed by atoms with van der Waals surface area (Å²) in [6, 6.07) is 7.98. The van der Waals surface area contributed by atoms with Gasteiger partial charge in [0.2, 0.25) is 0 Å². The van der Waals surface area contributed by atoms with E-state index in [1.807, 2.05) is 23.1 Å². The van der Waals surface area contributed by atoms with Gasteiger partial charge in [0.1, 0.15) is 23.8 Å². The van der Waals surface area contributed by atoms with Gasteiger partial charge < -0.3 is 14.4 Å². The molecule has 32 heavy (non-hydrogen) atoms. The van der Waals surface area contributed by atoms with Crippen molar-refractivity contribution in [2.75, 3.05) is 24.7 Å². The van der Waals surface area contributed by atoms with Crippen molar-refractivity contribution in [1.29, 1.82) is 0 Å². The molecule has 1 aromatic carbocycles. The van der Waals surface area contributed by atoms with Crippen molar-refractivity contribution in [1.82, 2.24) is 9.61 Å². The van der Waals surface area contributed by atoms with E-state index >= 15 is 0 Å². The molecule has 3 aromatic rings. The number of carbonyl (C=O) groups is 1. The number of ether oxygens (including phenoxy) is 2. The number of halogens is 2. The van der Waals surface area contributed by atoms with Gasteiger partial charge in [-0.3, -0.25) is 4.79 Å². The number of hydrogen-bond acceptors (Lipinski definition) is 5. The van der Waals surface area contributed by atoms with E-state index < -0.39 is 12.0 Å². The van der Waals surface area contributed by atoms with Crippen LogP contribution in [0.4, 0.5) is 14.5 Å². The number of ketones is 1. The molecule has 0 saturated carbocycles. The SMILES string of the molecule is CC(=O)c1cnn2ccc(N3C[C@@H](F)C[C@@H]3c3cc(F)cc(OC4CCOCC4)c3)cc12. The molecule has 0 spiro atoms. The zero-order valence-corrected chi connectivity index (χ0v) is 17.8. The van der Waals surface area contributed by atoms with Crippen LogP contribution in [0, 0.1) is 5.82 Å². The first-order chi connectivity index (χ1) is 15.5. The van der Waals surface area contributed by atoms with Gasteiger partial charge in [0.15, 0.2) is 5.78 Å². The van der Waals surface area contributed by atoms with Crippen molar-refractivity contribution in [3.05, 3.63) is 59.7 Å². The first kappa shape index (κ1) is 20.9. The van der Waals surface area contributed by atoms with Crippen molar-refractivity contribution in [3.63, 3.8) is 0 Å². The summed E-state index contributed by atoms with van der Waals surface area (Å²) in [6.45, 7) is 2.95. The van der Waals surface area contributed by atoms with Gasteiger partial charge in [0.05, 0.1) is 36.5 Å². The maximum Gasteiger partial charge on any atom is 0.163 e. The highest BCUT2D eigenvalue weighted by molar-refractivity contribution is 6.00. The Balaban J connectivity index is 1.47. The summed E-state index contributed by atoms with van der Waals surface area (Å²) in [5, 5.41) is 4.21. The fourth-order valence-corrected chi connectivity index (χ4v) is 4.64. The Morgan fingerprint density at radius 2 is 2.03 bits per heavy atom. The number of pyridine rings is 1. The number of hydrogen-bond donors (Lipinski definition) is 0. The Morgan fingerprint density at radius 1 is 1.22 bits per heavy atom. The predicted molar refractivity (Wildman–Crippen MR) is 116 cm³/mol. The lowest BCUT2D eigenvalue weighted by molar-refractivity contribution is 0.0254. The topological polar surface area (TPSA) is 56.1 Å². The predicted octanol–water partition coefficient (Wildman–Crippen LogP) is 4.52. The minimum atomic E-state index is -1.04. The number of benzene rings is 1. The molecule has 0 N–H and O–H groups in total. The van der Waals surface area contributed by atoms with Gasteiger partial charge in [-0.1, -0.05) is 0 Å². The van der Waals surface area contributed by atoms with Crippen molar-refractivity contribution in [2.24, 2.45) is 0 Å². The van der Waals surface area contributed by atoms with Crippen LogP contribution < -0.4 is 9.64 Å². The highest BCUT2D eigenvalue weighted by Gasteiger charge is 2.34. The van der Waals surface area contributed by atoms with Crippen molar-refractivity contribution in [3.8, 4) is 5.75 Å². The number of aromatic nitrogens is 2. The molecule has 0 amide bonds. The van der Waals surface area contributed by atoms with E-state index in [1.54, 1.807) is 10.7 Å². The molecule has 2 aliphatic rings. The molecule has 0 aliphatic carbocycles. The Morgan fingerprint density at radius 3 is 2.81 bits per heavy atom. The molecule has 2 aromatic heterocycles. The molecule has 0 radical (unpaired) electrons. The van der Waals surface area contributed by atoms with E-state index in [2.05, 4.69) is 5.10 Å². The van der Waals surface area contributed by atoms with Crippen LogP contribution in [0.5, 0.6) is 5.75 Å². The highest BCUT2D eigenvalue weighted by Crippen LogP contribution is 2.39. The maximum atomic E-state index is 14.6. The molecule has 2 fully saturated rings. The summed E-state index contributed by atoms with van der Waals surface area (Å²) in [7, 11) is 0. The third-order valence-corrected chi connectivity index (χ3v) is 6.22. The fraction of sp³-hybridized carbons (Fsp3) is 0.417. The Kier molecular flexibility index (Phi) is 5.55. The first-order valence-corrected chi connectivity index (χ1v) is 10.9. The quantitative estimate of drug-likeness (QED) is 0.545. The number of alkyl halides is 1. The summed E-state index contributed by atoms with van der Waals surface area (Å²) >= 11 is 0. The molecule has 0 unspecified atom stereocenters. The van der Waals surface area contributed by atoms with Crippen LogP contribution in [0.1, 0.15) is 48.1 Å². The van der Waals surface area contributed by atoms with Gasteiger partial charge in [-0.25, -0.2) is 13.3 Å². The fourth-order valence-electron chi connectivity index (χ4n) is 4.64. The molecular weight excluding hydrogens is 416 g/mol. The zero-order chi connectivity index (χ0) is 22.2. The Hall–Kier alpha value is -3.00. The standard InChI is InChI=1S/C24H25F2N3O3/c1-15(30)22-13-27-29-5-2-19(12-24(22)29)28-14-18(26)11-23(28)16-8-17(25)10-21(9-16)32-20-3-6-31-7-4-20/h2,5,8-10,12-13,18,20,23H,3-4,6-7,11,14H2,1H3/t18-,23+/m0/s1. The third kappa shape index (κ3) is 4.07. The summed E-state index contributed by atoms with van der Waals surface area (Å²) in [5.41, 5.74) is 2.62. The van der Waals surface area contributed by atoms with Gasteiger partial charge in [0.25, 0.3) is 0 Å². The number of fused-ring (bicyclic) bond motifs is 1. The van der Waals surface area contributed by atoms with E-state index in [0.29, 0.717) is 35.6 Å². The van der Waals surface area contributed by atoms with Gasteiger partial charge in [0, 0.05) is 43.8 Å². The molecule has 0 bridgehead atoms. The first-order valence-electron chi connectivity index (χ1n) is 10.9. The lowest BCUT2D eigenvalue weighted by atomic mass is 10.0. The minimum absolute atomic E-state index is 0.0127. The second kappa shape index (κ2) is 8.50. The molecule has 2 atom stereocenters. The molecule has 5 rings (SSSR count). The summed E-state index contributed by atoms with van der Waals surface area (Å²) in [6.07, 6.45) is 4.01. The van der Waals surface area contributed by atoms with Crippen LogP contribution in [0.2, 0.25) is 0 Å². The van der Waals surface area contributed by atoms with E-state index in [4.69, 9.17) is 9.47 Å². The average Bonchev–Trinajstić information content (AvgIpc) is 3.37. The lowest BCUT2D eigenvalue weighted by Gasteiger charge is -2.28. The minimum Gasteiger partial charge on any atom is -0.490 e. The van der Waals surface area contributed by atoms with Crippen molar-refractivity contribution >= 4 is 17.0 Å². The third-order valence-electron chi connectivity index (χ3n) is 6.22. The molecule has 6 nitrogen and oxygen atoms in total. The number of nitrogens with zero attached hydrogens (tertiary/aromatic N) is 3. The highest BCUT2D eigenvalue weighted by atomic mass is 19.1. The monoisotopic (exact) mass is 441 g/mol. The second-order valence-corrected chi connectivity index (χ2v) is 8.48. The van der Waals surface area contributed by atoms with Crippen LogP contribution >= 0.6 is 0 Å². The Labute approximate surface area is 184 Å². The van der Waals surface area contributed by atoms with E-state index in [0.717, 1.165) is 18.5 Å². The van der Waals surface area contributed by atoms with E-state index in [1.165, 1.54) is 25.3 Å². The molecular formula is C24H25F2N3O3. The molecule has 4 heterocycles. The van der Waals surface area contributed by atoms with Crippen LogP contribution in [0.25, 0.3) is 5.52 Å².